The maximum Gasteiger partial charge on any atom is 0.0315 e. The van der Waals surface area contributed by atoms with E-state index in [9.17, 15) is 0 Å². The maximum absolute atomic E-state index is 6.24. The van der Waals surface area contributed by atoms with Crippen LogP contribution in [0.4, 0.5) is 0 Å². The third kappa shape index (κ3) is 1.50. The largest absolute Gasteiger partial charge is 0.324 e. The van der Waals surface area contributed by atoms with E-state index in [4.69, 9.17) is 5.73 Å². The van der Waals surface area contributed by atoms with Crippen LogP contribution in [0.25, 0.3) is 0 Å². The standard InChI is InChI=1S/C10H20N2/c1-2-9-7-10(9,11)8-12-5-3-4-6-12/h9H,2-8,11H2,1H3. The van der Waals surface area contributed by atoms with Crippen molar-refractivity contribution < 1.29 is 0 Å². The van der Waals surface area contributed by atoms with Crippen LogP contribution < -0.4 is 5.73 Å². The Bertz CT molecular complexity index is 163. The number of nitrogens with zero attached hydrogens (tertiary/aromatic N) is 1. The van der Waals surface area contributed by atoms with E-state index in [1.165, 1.54) is 38.8 Å². The first-order valence-electron chi connectivity index (χ1n) is 5.26. The van der Waals surface area contributed by atoms with Gasteiger partial charge in [-0.25, -0.2) is 0 Å². The molecule has 2 heteroatoms. The van der Waals surface area contributed by atoms with Crippen LogP contribution >= 0.6 is 0 Å². The van der Waals surface area contributed by atoms with E-state index in [0.717, 1.165) is 12.5 Å². The SMILES string of the molecule is CCC1CC1(N)CN1CCCC1. The quantitative estimate of drug-likeness (QED) is 0.686. The van der Waals surface area contributed by atoms with E-state index in [0.29, 0.717) is 0 Å². The average molecular weight is 168 g/mol. The third-order valence-electron chi connectivity index (χ3n) is 3.49. The Balaban J connectivity index is 1.79. The van der Waals surface area contributed by atoms with Crippen molar-refractivity contribution >= 4 is 0 Å². The molecule has 2 rings (SSSR count). The molecule has 0 bridgehead atoms. The number of nitrogens with two attached hydrogens (primary N) is 1. The lowest BCUT2D eigenvalue weighted by Crippen LogP contribution is -2.39. The van der Waals surface area contributed by atoms with Gasteiger partial charge < -0.3 is 10.6 Å². The molecule has 70 valence electrons. The predicted octanol–water partition coefficient (Wildman–Crippen LogP) is 1.21. The summed E-state index contributed by atoms with van der Waals surface area (Å²) in [5, 5.41) is 0. The monoisotopic (exact) mass is 168 g/mol. The van der Waals surface area contributed by atoms with Gasteiger partial charge in [0.2, 0.25) is 0 Å². The minimum absolute atomic E-state index is 0.207. The molecule has 2 aliphatic rings. The highest BCUT2D eigenvalue weighted by Gasteiger charge is 2.50. The first-order valence-corrected chi connectivity index (χ1v) is 5.26. The van der Waals surface area contributed by atoms with Crippen molar-refractivity contribution in [1.29, 1.82) is 0 Å². The number of hydrogen-bond acceptors (Lipinski definition) is 2. The smallest absolute Gasteiger partial charge is 0.0315 e. The zero-order chi connectivity index (χ0) is 8.60. The van der Waals surface area contributed by atoms with Gasteiger partial charge in [0.25, 0.3) is 0 Å². The highest BCUT2D eigenvalue weighted by Crippen LogP contribution is 2.44. The van der Waals surface area contributed by atoms with Crippen molar-refractivity contribution in [2.75, 3.05) is 19.6 Å². The van der Waals surface area contributed by atoms with Crippen molar-refractivity contribution in [2.24, 2.45) is 11.7 Å². The molecule has 12 heavy (non-hydrogen) atoms. The minimum atomic E-state index is 0.207. The van der Waals surface area contributed by atoms with Crippen LogP contribution in [-0.4, -0.2) is 30.1 Å². The van der Waals surface area contributed by atoms with Crippen LogP contribution in [0.3, 0.4) is 0 Å². The number of rotatable bonds is 3. The molecule has 2 atom stereocenters. The Morgan fingerprint density at radius 2 is 2.08 bits per heavy atom. The highest BCUT2D eigenvalue weighted by atomic mass is 15.2. The normalized spacial score (nSPS) is 42.0. The van der Waals surface area contributed by atoms with Crippen molar-refractivity contribution in [3.8, 4) is 0 Å². The second kappa shape index (κ2) is 3.00. The Labute approximate surface area is 75.1 Å². The molecule has 2 unspecified atom stereocenters. The first-order chi connectivity index (χ1) is 5.74. The molecule has 0 aromatic rings. The molecular weight excluding hydrogens is 148 g/mol. The van der Waals surface area contributed by atoms with Gasteiger partial charge in [-0.15, -0.1) is 0 Å². The van der Waals surface area contributed by atoms with E-state index in [1.807, 2.05) is 0 Å². The second-order valence-electron chi connectivity index (χ2n) is 4.53. The van der Waals surface area contributed by atoms with E-state index >= 15 is 0 Å². The molecule has 0 spiro atoms. The summed E-state index contributed by atoms with van der Waals surface area (Å²) in [5.74, 6) is 0.818. The van der Waals surface area contributed by atoms with Gasteiger partial charge in [-0.3, -0.25) is 0 Å². The van der Waals surface area contributed by atoms with Crippen LogP contribution in [0.15, 0.2) is 0 Å². The molecule has 1 aliphatic heterocycles. The Kier molecular flexibility index (Phi) is 2.13. The van der Waals surface area contributed by atoms with Gasteiger partial charge in [0, 0.05) is 12.1 Å². The third-order valence-corrected chi connectivity index (χ3v) is 3.49. The molecule has 0 aromatic heterocycles. The second-order valence-corrected chi connectivity index (χ2v) is 4.53. The summed E-state index contributed by atoms with van der Waals surface area (Å²) in [6.45, 7) is 5.99. The van der Waals surface area contributed by atoms with Gasteiger partial charge in [0.05, 0.1) is 0 Å². The molecule has 0 amide bonds. The fraction of sp³-hybridized carbons (Fsp3) is 1.00. The molecule has 1 aliphatic carbocycles. The lowest BCUT2D eigenvalue weighted by molar-refractivity contribution is 0.295. The molecular formula is C10H20N2. The van der Waals surface area contributed by atoms with Gasteiger partial charge in [0.1, 0.15) is 0 Å². The molecule has 2 fully saturated rings. The van der Waals surface area contributed by atoms with Crippen LogP contribution in [0.5, 0.6) is 0 Å². The van der Waals surface area contributed by atoms with Gasteiger partial charge >= 0.3 is 0 Å². The topological polar surface area (TPSA) is 29.3 Å². The molecule has 0 aromatic carbocycles. The molecule has 1 saturated carbocycles. The summed E-state index contributed by atoms with van der Waals surface area (Å²) in [5.41, 5.74) is 6.45. The van der Waals surface area contributed by atoms with Crippen LogP contribution in [0.2, 0.25) is 0 Å². The van der Waals surface area contributed by atoms with Gasteiger partial charge in [-0.05, 0) is 38.3 Å². The summed E-state index contributed by atoms with van der Waals surface area (Å²) in [4.78, 5) is 2.54. The zero-order valence-corrected chi connectivity index (χ0v) is 8.05. The Morgan fingerprint density at radius 3 is 2.58 bits per heavy atom. The summed E-state index contributed by atoms with van der Waals surface area (Å²) in [6, 6.07) is 0. The molecule has 2 nitrogen and oxygen atoms in total. The molecule has 0 radical (unpaired) electrons. The van der Waals surface area contributed by atoms with Crippen LogP contribution in [0.1, 0.15) is 32.6 Å². The summed E-state index contributed by atoms with van der Waals surface area (Å²) in [7, 11) is 0. The maximum atomic E-state index is 6.24. The van der Waals surface area contributed by atoms with Crippen molar-refractivity contribution in [1.82, 2.24) is 4.90 Å². The molecule has 2 N–H and O–H groups in total. The number of hydrogen-bond donors (Lipinski definition) is 1. The van der Waals surface area contributed by atoms with Crippen LogP contribution in [-0.2, 0) is 0 Å². The van der Waals surface area contributed by atoms with Gasteiger partial charge in [-0.2, -0.15) is 0 Å². The van der Waals surface area contributed by atoms with Crippen LogP contribution in [0, 0.1) is 5.92 Å². The summed E-state index contributed by atoms with van der Waals surface area (Å²) >= 11 is 0. The minimum Gasteiger partial charge on any atom is -0.324 e. The van der Waals surface area contributed by atoms with E-state index in [2.05, 4.69) is 11.8 Å². The average Bonchev–Trinajstić information content (AvgIpc) is 2.48. The van der Waals surface area contributed by atoms with Gasteiger partial charge in [-0.1, -0.05) is 13.3 Å². The predicted molar refractivity (Wildman–Crippen MR) is 51.0 cm³/mol. The van der Waals surface area contributed by atoms with Crippen molar-refractivity contribution in [2.45, 2.75) is 38.1 Å². The summed E-state index contributed by atoms with van der Waals surface area (Å²) in [6.07, 6.45) is 5.30. The lowest BCUT2D eigenvalue weighted by Gasteiger charge is -2.20. The fourth-order valence-electron chi connectivity index (χ4n) is 2.50. The molecule has 1 saturated heterocycles. The summed E-state index contributed by atoms with van der Waals surface area (Å²) < 4.78 is 0. The zero-order valence-electron chi connectivity index (χ0n) is 8.05. The van der Waals surface area contributed by atoms with E-state index in [1.54, 1.807) is 0 Å². The number of likely N-dealkylation sites (tertiary alicyclic amines) is 1. The fourth-order valence-corrected chi connectivity index (χ4v) is 2.50. The van der Waals surface area contributed by atoms with Crippen molar-refractivity contribution in [3.63, 3.8) is 0 Å². The van der Waals surface area contributed by atoms with Crippen molar-refractivity contribution in [3.05, 3.63) is 0 Å². The van der Waals surface area contributed by atoms with E-state index < -0.39 is 0 Å². The van der Waals surface area contributed by atoms with E-state index in [-0.39, 0.29) is 5.54 Å². The Morgan fingerprint density at radius 1 is 1.42 bits per heavy atom. The van der Waals surface area contributed by atoms with Gasteiger partial charge in [0.15, 0.2) is 0 Å². The highest BCUT2D eigenvalue weighted by molar-refractivity contribution is 5.09. The molecule has 1 heterocycles. The lowest BCUT2D eigenvalue weighted by atomic mass is 10.2. The first kappa shape index (κ1) is 8.52. The Hall–Kier alpha value is -0.0800.